The van der Waals surface area contributed by atoms with Gasteiger partial charge in [0.1, 0.15) is 0 Å². The fraction of sp³-hybridized carbons (Fsp3) is 0.611. The molecule has 1 aliphatic rings. The van der Waals surface area contributed by atoms with Crippen molar-refractivity contribution in [3.8, 4) is 0 Å². The fourth-order valence-corrected chi connectivity index (χ4v) is 3.63. The highest BCUT2D eigenvalue weighted by Gasteiger charge is 2.36. The number of nitrogens with zero attached hydrogens (tertiary/aromatic N) is 2. The molecule has 1 aromatic carbocycles. The summed E-state index contributed by atoms with van der Waals surface area (Å²) in [5.41, 5.74) is 1.67. The highest BCUT2D eigenvalue weighted by molar-refractivity contribution is 5.78. The summed E-state index contributed by atoms with van der Waals surface area (Å²) in [7, 11) is 0. The Morgan fingerprint density at radius 2 is 2.14 bits per heavy atom. The third-order valence-electron chi connectivity index (χ3n) is 4.83. The highest BCUT2D eigenvalue weighted by Crippen LogP contribution is 2.41. The lowest BCUT2D eigenvalue weighted by molar-refractivity contribution is 0.137. The summed E-state index contributed by atoms with van der Waals surface area (Å²) in [6.07, 6.45) is 6.93. The van der Waals surface area contributed by atoms with Gasteiger partial charge in [0.2, 0.25) is 0 Å². The summed E-state index contributed by atoms with van der Waals surface area (Å²) in [5.74, 6) is 0. The van der Waals surface area contributed by atoms with E-state index in [2.05, 4.69) is 55.0 Å². The van der Waals surface area contributed by atoms with Crippen LogP contribution in [0.25, 0.3) is 10.9 Å². The molecular formula is C18H27N3. The molecule has 1 heterocycles. The van der Waals surface area contributed by atoms with Crippen LogP contribution in [0.5, 0.6) is 0 Å². The zero-order valence-electron chi connectivity index (χ0n) is 13.5. The van der Waals surface area contributed by atoms with Crippen LogP contribution >= 0.6 is 0 Å². The lowest BCUT2D eigenvalue weighted by atomic mass is 9.73. The van der Waals surface area contributed by atoms with Gasteiger partial charge in [-0.3, -0.25) is 4.68 Å². The van der Waals surface area contributed by atoms with Crippen molar-refractivity contribution < 1.29 is 0 Å². The number of nitrogens with one attached hydrogen (secondary N) is 1. The van der Waals surface area contributed by atoms with E-state index in [0.717, 1.165) is 6.54 Å². The predicted octanol–water partition coefficient (Wildman–Crippen LogP) is 4.16. The van der Waals surface area contributed by atoms with Crippen molar-refractivity contribution in [3.05, 3.63) is 30.5 Å². The topological polar surface area (TPSA) is 29.9 Å². The number of para-hydroxylation sites is 1. The molecule has 2 unspecified atom stereocenters. The monoisotopic (exact) mass is 285 g/mol. The molecule has 1 aromatic heterocycles. The van der Waals surface area contributed by atoms with Gasteiger partial charge in [0.05, 0.1) is 17.8 Å². The quantitative estimate of drug-likeness (QED) is 0.914. The molecule has 0 spiro atoms. The van der Waals surface area contributed by atoms with Crippen LogP contribution < -0.4 is 5.32 Å². The third-order valence-corrected chi connectivity index (χ3v) is 4.83. The van der Waals surface area contributed by atoms with Gasteiger partial charge in [-0.15, -0.1) is 0 Å². The van der Waals surface area contributed by atoms with Crippen LogP contribution in [0.1, 0.15) is 52.5 Å². The van der Waals surface area contributed by atoms with Gasteiger partial charge in [0.25, 0.3) is 0 Å². The van der Waals surface area contributed by atoms with E-state index in [-0.39, 0.29) is 0 Å². The average Bonchev–Trinajstić information content (AvgIpc) is 2.89. The summed E-state index contributed by atoms with van der Waals surface area (Å²) in [5, 5.41) is 9.72. The molecule has 2 aromatic rings. The van der Waals surface area contributed by atoms with Gasteiger partial charge in [-0.1, -0.05) is 39.0 Å². The molecule has 0 bridgehead atoms. The molecule has 114 valence electrons. The smallest absolute Gasteiger partial charge is 0.0686 e. The Morgan fingerprint density at radius 3 is 2.95 bits per heavy atom. The Morgan fingerprint density at radius 1 is 1.33 bits per heavy atom. The number of hydrogen-bond acceptors (Lipinski definition) is 2. The molecule has 0 amide bonds. The molecule has 0 radical (unpaired) electrons. The van der Waals surface area contributed by atoms with E-state index in [1.807, 2.05) is 6.20 Å². The van der Waals surface area contributed by atoms with E-state index in [4.69, 9.17) is 5.10 Å². The van der Waals surface area contributed by atoms with E-state index >= 15 is 0 Å². The van der Waals surface area contributed by atoms with E-state index in [1.165, 1.54) is 36.6 Å². The number of rotatable bonds is 4. The van der Waals surface area contributed by atoms with Gasteiger partial charge < -0.3 is 5.32 Å². The minimum Gasteiger partial charge on any atom is -0.312 e. The summed E-state index contributed by atoms with van der Waals surface area (Å²) in [4.78, 5) is 0. The van der Waals surface area contributed by atoms with Gasteiger partial charge in [-0.25, -0.2) is 0 Å². The Balaban J connectivity index is 1.94. The average molecular weight is 285 g/mol. The maximum atomic E-state index is 4.72. The third kappa shape index (κ3) is 2.98. The van der Waals surface area contributed by atoms with Crippen molar-refractivity contribution in [3.63, 3.8) is 0 Å². The van der Waals surface area contributed by atoms with Crippen LogP contribution in [-0.4, -0.2) is 22.4 Å². The van der Waals surface area contributed by atoms with E-state index < -0.39 is 0 Å². The molecule has 3 rings (SSSR count). The van der Waals surface area contributed by atoms with Crippen LogP contribution in [0.15, 0.2) is 30.5 Å². The van der Waals surface area contributed by atoms with Crippen LogP contribution in [-0.2, 0) is 0 Å². The van der Waals surface area contributed by atoms with Gasteiger partial charge >= 0.3 is 0 Å². The van der Waals surface area contributed by atoms with Crippen LogP contribution in [0.4, 0.5) is 0 Å². The van der Waals surface area contributed by atoms with Crippen molar-refractivity contribution in [2.45, 2.75) is 58.5 Å². The number of hydrogen-bond donors (Lipinski definition) is 1. The highest BCUT2D eigenvalue weighted by atomic mass is 15.3. The summed E-state index contributed by atoms with van der Waals surface area (Å²) in [6, 6.07) is 9.55. The van der Waals surface area contributed by atoms with E-state index in [1.54, 1.807) is 0 Å². The Hall–Kier alpha value is -1.35. The van der Waals surface area contributed by atoms with Crippen molar-refractivity contribution in [2.24, 2.45) is 5.41 Å². The first-order chi connectivity index (χ1) is 10.1. The lowest BCUT2D eigenvalue weighted by Crippen LogP contribution is -2.44. The molecule has 3 nitrogen and oxygen atoms in total. The first-order valence-electron chi connectivity index (χ1n) is 8.26. The first-order valence-corrected chi connectivity index (χ1v) is 8.26. The van der Waals surface area contributed by atoms with Gasteiger partial charge in [-0.05, 0) is 43.7 Å². The first kappa shape index (κ1) is 14.6. The molecule has 0 saturated heterocycles. The maximum absolute atomic E-state index is 4.72. The van der Waals surface area contributed by atoms with E-state index in [9.17, 15) is 0 Å². The van der Waals surface area contributed by atoms with Gasteiger partial charge in [0.15, 0.2) is 0 Å². The van der Waals surface area contributed by atoms with Crippen LogP contribution in [0, 0.1) is 5.41 Å². The number of benzene rings is 1. The van der Waals surface area contributed by atoms with Gasteiger partial charge in [0, 0.05) is 11.4 Å². The molecule has 0 aliphatic heterocycles. The Kier molecular flexibility index (Phi) is 4.03. The molecule has 1 N–H and O–H groups in total. The molecular weight excluding hydrogens is 258 g/mol. The maximum Gasteiger partial charge on any atom is 0.0686 e. The second-order valence-electron chi connectivity index (χ2n) is 7.18. The largest absolute Gasteiger partial charge is 0.312 e. The number of aromatic nitrogens is 2. The molecule has 2 atom stereocenters. The summed E-state index contributed by atoms with van der Waals surface area (Å²) >= 11 is 0. The van der Waals surface area contributed by atoms with Crippen molar-refractivity contribution >= 4 is 10.9 Å². The molecule has 3 heteroatoms. The standard InChI is InChI=1S/C18H27N3/c1-4-11-19-15-9-10-18(2,3)12-17(15)21-16-8-6-5-7-14(16)13-20-21/h5-8,13,15,17,19H,4,9-12H2,1-3H3. The molecule has 1 aliphatic carbocycles. The second-order valence-corrected chi connectivity index (χ2v) is 7.18. The SMILES string of the molecule is CCCNC1CCC(C)(C)CC1n1ncc2ccccc21. The normalized spacial score (nSPS) is 25.3. The van der Waals surface area contributed by atoms with Crippen molar-refractivity contribution in [1.29, 1.82) is 0 Å². The van der Waals surface area contributed by atoms with Gasteiger partial charge in [-0.2, -0.15) is 5.10 Å². The summed E-state index contributed by atoms with van der Waals surface area (Å²) in [6.45, 7) is 8.11. The zero-order chi connectivity index (χ0) is 14.9. The molecule has 21 heavy (non-hydrogen) atoms. The van der Waals surface area contributed by atoms with Crippen molar-refractivity contribution in [2.75, 3.05) is 6.54 Å². The predicted molar refractivity (Wildman–Crippen MR) is 88.5 cm³/mol. The van der Waals surface area contributed by atoms with Crippen molar-refractivity contribution in [1.82, 2.24) is 15.1 Å². The molecule has 1 saturated carbocycles. The second kappa shape index (κ2) is 5.80. The minimum absolute atomic E-state index is 0.405. The van der Waals surface area contributed by atoms with E-state index in [0.29, 0.717) is 17.5 Å². The Bertz CT molecular complexity index is 599. The minimum atomic E-state index is 0.405. The lowest BCUT2D eigenvalue weighted by Gasteiger charge is -2.41. The molecule has 1 fully saturated rings. The number of fused-ring (bicyclic) bond motifs is 1. The fourth-order valence-electron chi connectivity index (χ4n) is 3.63. The van der Waals surface area contributed by atoms with Crippen LogP contribution in [0.3, 0.4) is 0 Å². The summed E-state index contributed by atoms with van der Waals surface area (Å²) < 4.78 is 2.27. The van der Waals surface area contributed by atoms with Crippen LogP contribution in [0.2, 0.25) is 0 Å². The zero-order valence-corrected chi connectivity index (χ0v) is 13.5. The Labute approximate surface area is 127 Å².